The number of rotatable bonds is 4. The lowest BCUT2D eigenvalue weighted by Gasteiger charge is -2.33. The zero-order valence-corrected chi connectivity index (χ0v) is 16.2. The van der Waals surface area contributed by atoms with E-state index >= 15 is 0 Å². The number of amides is 1. The molecule has 2 aromatic rings. The molecule has 2 saturated heterocycles. The van der Waals surface area contributed by atoms with E-state index in [0.29, 0.717) is 16.0 Å². The summed E-state index contributed by atoms with van der Waals surface area (Å²) in [5, 5.41) is 3.56. The first-order valence-electron chi connectivity index (χ1n) is 9.58. The highest BCUT2D eigenvalue weighted by Gasteiger charge is 2.38. The van der Waals surface area contributed by atoms with Crippen molar-refractivity contribution in [3.05, 3.63) is 64.7 Å². The molecule has 0 unspecified atom stereocenters. The number of nitrogens with one attached hydrogen (secondary N) is 1. The Morgan fingerprint density at radius 3 is 2.44 bits per heavy atom. The number of ether oxygens (including phenoxy) is 1. The molecule has 2 aliphatic rings. The first kappa shape index (κ1) is 18.5. The molecule has 0 atom stereocenters. The number of halogens is 1. The Hall–Kier alpha value is -1.88. The van der Waals surface area contributed by atoms with Gasteiger partial charge in [0, 0.05) is 42.6 Å². The SMILES string of the molecule is O=C(Nc1ccc(CN2CCC3(CCOCC3)C2)cc1)c1ccc(Cl)cc1. The molecule has 4 rings (SSSR count). The van der Waals surface area contributed by atoms with Crippen LogP contribution in [0.4, 0.5) is 5.69 Å². The molecule has 0 radical (unpaired) electrons. The molecule has 0 saturated carbocycles. The third-order valence-electron chi connectivity index (χ3n) is 5.80. The van der Waals surface area contributed by atoms with Gasteiger partial charge >= 0.3 is 0 Å². The maximum absolute atomic E-state index is 12.3. The predicted molar refractivity (Wildman–Crippen MR) is 108 cm³/mol. The van der Waals surface area contributed by atoms with E-state index in [4.69, 9.17) is 16.3 Å². The van der Waals surface area contributed by atoms with Crippen LogP contribution >= 0.6 is 11.6 Å². The first-order chi connectivity index (χ1) is 13.1. The minimum Gasteiger partial charge on any atom is -0.381 e. The van der Waals surface area contributed by atoms with E-state index in [1.165, 1.54) is 31.4 Å². The number of anilines is 1. The summed E-state index contributed by atoms with van der Waals surface area (Å²) < 4.78 is 5.53. The van der Waals surface area contributed by atoms with Crippen LogP contribution in [-0.2, 0) is 11.3 Å². The van der Waals surface area contributed by atoms with Gasteiger partial charge in [0.2, 0.25) is 0 Å². The summed E-state index contributed by atoms with van der Waals surface area (Å²) in [5.74, 6) is -0.125. The van der Waals surface area contributed by atoms with Crippen molar-refractivity contribution in [2.24, 2.45) is 5.41 Å². The van der Waals surface area contributed by atoms with Crippen LogP contribution in [0.1, 0.15) is 35.2 Å². The standard InChI is InChI=1S/C22H25ClN2O2/c23-19-5-3-18(4-6-19)21(26)24-20-7-1-17(2-8-20)15-25-12-9-22(16-25)10-13-27-14-11-22/h1-8H,9-16H2,(H,24,26). The average Bonchev–Trinajstić information content (AvgIpc) is 3.06. The first-order valence-corrected chi connectivity index (χ1v) is 9.96. The minimum absolute atomic E-state index is 0.125. The van der Waals surface area contributed by atoms with Crippen molar-refractivity contribution in [1.82, 2.24) is 4.90 Å². The monoisotopic (exact) mass is 384 g/mol. The maximum atomic E-state index is 12.3. The number of carbonyl (C=O) groups excluding carboxylic acids is 1. The van der Waals surface area contributed by atoms with E-state index in [0.717, 1.165) is 32.0 Å². The zero-order chi connectivity index (χ0) is 18.7. The Labute approximate surface area is 165 Å². The van der Waals surface area contributed by atoms with Crippen LogP contribution in [0.5, 0.6) is 0 Å². The van der Waals surface area contributed by atoms with Crippen LogP contribution in [0.15, 0.2) is 48.5 Å². The van der Waals surface area contributed by atoms with Crippen molar-refractivity contribution in [3.63, 3.8) is 0 Å². The van der Waals surface area contributed by atoms with Gasteiger partial charge in [-0.05, 0) is 73.2 Å². The van der Waals surface area contributed by atoms with Crippen LogP contribution in [0.2, 0.25) is 5.02 Å². The minimum atomic E-state index is -0.125. The molecular weight excluding hydrogens is 360 g/mol. The van der Waals surface area contributed by atoms with Crippen LogP contribution in [0, 0.1) is 5.41 Å². The van der Waals surface area contributed by atoms with Gasteiger partial charge in [0.15, 0.2) is 0 Å². The Balaban J connectivity index is 1.32. The lowest BCUT2D eigenvalue weighted by Crippen LogP contribution is -2.32. The van der Waals surface area contributed by atoms with E-state index < -0.39 is 0 Å². The number of likely N-dealkylation sites (tertiary alicyclic amines) is 1. The predicted octanol–water partition coefficient (Wildman–Crippen LogP) is 4.59. The van der Waals surface area contributed by atoms with Gasteiger partial charge in [-0.3, -0.25) is 9.69 Å². The van der Waals surface area contributed by atoms with E-state index in [1.807, 2.05) is 12.1 Å². The fourth-order valence-corrected chi connectivity index (χ4v) is 4.26. The Morgan fingerprint density at radius 2 is 1.74 bits per heavy atom. The molecule has 2 aliphatic heterocycles. The summed E-state index contributed by atoms with van der Waals surface area (Å²) in [5.41, 5.74) is 3.16. The van der Waals surface area contributed by atoms with Gasteiger partial charge in [-0.2, -0.15) is 0 Å². The van der Waals surface area contributed by atoms with Crippen molar-refractivity contribution in [1.29, 1.82) is 0 Å². The van der Waals surface area contributed by atoms with Gasteiger partial charge < -0.3 is 10.1 Å². The second-order valence-corrected chi connectivity index (χ2v) is 8.17. The molecule has 27 heavy (non-hydrogen) atoms. The Morgan fingerprint density at radius 1 is 1.04 bits per heavy atom. The van der Waals surface area contributed by atoms with E-state index in [9.17, 15) is 4.79 Å². The fraction of sp³-hybridized carbons (Fsp3) is 0.409. The van der Waals surface area contributed by atoms with Crippen LogP contribution in [-0.4, -0.2) is 37.1 Å². The van der Waals surface area contributed by atoms with E-state index in [-0.39, 0.29) is 5.91 Å². The Bertz CT molecular complexity index is 783. The van der Waals surface area contributed by atoms with Crippen molar-refractivity contribution >= 4 is 23.2 Å². The number of benzene rings is 2. The van der Waals surface area contributed by atoms with Crippen LogP contribution in [0.3, 0.4) is 0 Å². The van der Waals surface area contributed by atoms with Crippen LogP contribution in [0.25, 0.3) is 0 Å². The second-order valence-electron chi connectivity index (χ2n) is 7.73. The molecule has 5 heteroatoms. The van der Waals surface area contributed by atoms with Gasteiger partial charge in [-0.25, -0.2) is 0 Å². The summed E-state index contributed by atoms with van der Waals surface area (Å²) in [7, 11) is 0. The lowest BCUT2D eigenvalue weighted by molar-refractivity contribution is 0.0190. The highest BCUT2D eigenvalue weighted by Crippen LogP contribution is 2.40. The molecule has 1 amide bonds. The molecule has 0 bridgehead atoms. The highest BCUT2D eigenvalue weighted by atomic mass is 35.5. The van der Waals surface area contributed by atoms with Crippen LogP contribution < -0.4 is 5.32 Å². The van der Waals surface area contributed by atoms with Crippen molar-refractivity contribution in [2.45, 2.75) is 25.8 Å². The summed E-state index contributed by atoms with van der Waals surface area (Å²) in [6.45, 7) is 5.13. The van der Waals surface area contributed by atoms with Gasteiger partial charge in [-0.15, -0.1) is 0 Å². The number of nitrogens with zero attached hydrogens (tertiary/aromatic N) is 1. The highest BCUT2D eigenvalue weighted by molar-refractivity contribution is 6.30. The number of hydrogen-bond acceptors (Lipinski definition) is 3. The second kappa shape index (κ2) is 8.01. The average molecular weight is 385 g/mol. The summed E-state index contributed by atoms with van der Waals surface area (Å²) in [4.78, 5) is 14.8. The maximum Gasteiger partial charge on any atom is 0.255 e. The molecule has 2 heterocycles. The van der Waals surface area contributed by atoms with E-state index in [2.05, 4.69) is 22.3 Å². The van der Waals surface area contributed by atoms with Gasteiger partial charge in [-0.1, -0.05) is 23.7 Å². The molecule has 0 aliphatic carbocycles. The molecule has 0 aromatic heterocycles. The smallest absolute Gasteiger partial charge is 0.255 e. The Kier molecular flexibility index (Phi) is 5.48. The number of hydrogen-bond donors (Lipinski definition) is 1. The number of carbonyl (C=O) groups is 1. The quantitative estimate of drug-likeness (QED) is 0.837. The van der Waals surface area contributed by atoms with Gasteiger partial charge in [0.05, 0.1) is 0 Å². The van der Waals surface area contributed by atoms with Gasteiger partial charge in [0.25, 0.3) is 5.91 Å². The lowest BCUT2D eigenvalue weighted by atomic mass is 9.80. The molecular formula is C22H25ClN2O2. The van der Waals surface area contributed by atoms with Crippen molar-refractivity contribution in [2.75, 3.05) is 31.6 Å². The third kappa shape index (κ3) is 4.52. The third-order valence-corrected chi connectivity index (χ3v) is 6.05. The zero-order valence-electron chi connectivity index (χ0n) is 15.4. The fourth-order valence-electron chi connectivity index (χ4n) is 4.13. The van der Waals surface area contributed by atoms with Gasteiger partial charge in [0.1, 0.15) is 0 Å². The molecule has 1 spiro atoms. The summed E-state index contributed by atoms with van der Waals surface area (Å²) >= 11 is 5.87. The summed E-state index contributed by atoms with van der Waals surface area (Å²) in [6, 6.07) is 15.1. The normalized spacial score (nSPS) is 19.3. The van der Waals surface area contributed by atoms with Crippen molar-refractivity contribution in [3.8, 4) is 0 Å². The molecule has 2 aromatic carbocycles. The topological polar surface area (TPSA) is 41.6 Å². The molecule has 1 N–H and O–H groups in total. The van der Waals surface area contributed by atoms with Crippen molar-refractivity contribution < 1.29 is 9.53 Å². The largest absolute Gasteiger partial charge is 0.381 e. The molecule has 2 fully saturated rings. The molecule has 142 valence electrons. The summed E-state index contributed by atoms with van der Waals surface area (Å²) in [6.07, 6.45) is 3.67. The van der Waals surface area contributed by atoms with E-state index in [1.54, 1.807) is 24.3 Å². The molecule has 4 nitrogen and oxygen atoms in total.